The Morgan fingerprint density at radius 3 is 1.32 bits per heavy atom. The topological polar surface area (TPSA) is 304 Å². The number of para-hydroxylation sites is 1. The summed E-state index contributed by atoms with van der Waals surface area (Å²) in [4.78, 5) is 75.3. The largest absolute Gasteiger partial charge is 0.740 e. The standard InChI is InChI=1S/C12H24N2O15P4S/c1-11(30(15,16)17,31(18,19)20)13-6-8-4-3-5-9(10(8)29-34(27)28)7-14-12(2,32(21,22)23)33(24,25)26/h3-5,13-14H,6-7H2,1-2H3,(H,27,28)(H2,15,16,17)(H2,18,19,20)(H2,21,22,23)(H2,24,25,26)/p-1. The molecule has 1 atom stereocenters. The third-order valence-electron chi connectivity index (χ3n) is 4.83. The average molecular weight is 591 g/mol. The van der Waals surface area contributed by atoms with Gasteiger partial charge in [0.05, 0.1) is 0 Å². The lowest BCUT2D eigenvalue weighted by Gasteiger charge is -2.33. The molecule has 0 aliphatic rings. The van der Waals surface area contributed by atoms with Crippen LogP contribution in [0.2, 0.25) is 0 Å². The number of nitrogens with one attached hydrogen (secondary N) is 2. The summed E-state index contributed by atoms with van der Waals surface area (Å²) in [6, 6.07) is 3.46. The van der Waals surface area contributed by atoms with Crippen LogP contribution in [0.1, 0.15) is 25.0 Å². The minimum absolute atomic E-state index is 0.245. The maximum absolute atomic E-state index is 11.7. The molecular weight excluding hydrogens is 568 g/mol. The Morgan fingerprint density at radius 1 is 0.794 bits per heavy atom. The monoisotopic (exact) mass is 591 g/mol. The van der Waals surface area contributed by atoms with Crippen molar-refractivity contribution >= 4 is 41.7 Å². The first kappa shape index (κ1) is 31.7. The molecule has 0 aliphatic carbocycles. The van der Waals surface area contributed by atoms with Crippen LogP contribution in [0.5, 0.6) is 5.75 Å². The highest BCUT2D eigenvalue weighted by molar-refractivity contribution is 7.74. The fraction of sp³-hybridized carbons (Fsp3) is 0.500. The zero-order chi connectivity index (χ0) is 27.0. The summed E-state index contributed by atoms with van der Waals surface area (Å²) in [6.45, 7) is -0.502. The fourth-order valence-corrected chi connectivity index (χ4v) is 6.57. The van der Waals surface area contributed by atoms with E-state index in [9.17, 15) is 66.2 Å². The zero-order valence-corrected chi connectivity index (χ0v) is 21.7. The molecule has 0 heterocycles. The van der Waals surface area contributed by atoms with Gasteiger partial charge in [-0.15, -0.1) is 0 Å². The molecular formula is C12H23N2O15P4S-. The van der Waals surface area contributed by atoms with Crippen LogP contribution in [-0.2, 0) is 42.7 Å². The number of benzene rings is 1. The van der Waals surface area contributed by atoms with Gasteiger partial charge in [0.1, 0.15) is 17.1 Å². The van der Waals surface area contributed by atoms with E-state index in [4.69, 9.17) is 0 Å². The van der Waals surface area contributed by atoms with Gasteiger partial charge < -0.3 is 47.9 Å². The summed E-state index contributed by atoms with van der Waals surface area (Å²) in [6.07, 6.45) is 0. The lowest BCUT2D eigenvalue weighted by molar-refractivity contribution is 0.292. The van der Waals surface area contributed by atoms with Gasteiger partial charge in [-0.2, -0.15) is 0 Å². The quantitative estimate of drug-likeness (QED) is 0.104. The van der Waals surface area contributed by atoms with Gasteiger partial charge in [0.25, 0.3) is 0 Å². The summed E-state index contributed by atoms with van der Waals surface area (Å²) in [5.74, 6) is -0.603. The third-order valence-corrected chi connectivity index (χ3v) is 13.4. The molecule has 0 fully saturated rings. The van der Waals surface area contributed by atoms with E-state index in [0.29, 0.717) is 13.8 Å². The van der Waals surface area contributed by atoms with E-state index in [0.717, 1.165) is 12.1 Å². The summed E-state index contributed by atoms with van der Waals surface area (Å²) in [5.41, 5.74) is -0.489. The molecule has 198 valence electrons. The molecule has 34 heavy (non-hydrogen) atoms. The molecule has 0 spiro atoms. The van der Waals surface area contributed by atoms with Crippen molar-refractivity contribution in [2.75, 3.05) is 0 Å². The molecule has 0 amide bonds. The minimum Gasteiger partial charge on any atom is -0.740 e. The lowest BCUT2D eigenvalue weighted by atomic mass is 10.1. The Balaban J connectivity index is 3.46. The van der Waals surface area contributed by atoms with Crippen LogP contribution in [0.3, 0.4) is 0 Å². The van der Waals surface area contributed by atoms with Crippen molar-refractivity contribution in [1.82, 2.24) is 10.6 Å². The molecule has 1 rings (SSSR count). The molecule has 0 bridgehead atoms. The maximum Gasteiger partial charge on any atom is 0.357 e. The van der Waals surface area contributed by atoms with E-state index in [1.165, 1.54) is 6.07 Å². The highest BCUT2D eigenvalue weighted by Crippen LogP contribution is 2.68. The lowest BCUT2D eigenvalue weighted by Crippen LogP contribution is -2.42. The smallest absolute Gasteiger partial charge is 0.357 e. The predicted octanol–water partition coefficient (Wildman–Crippen LogP) is -0.903. The van der Waals surface area contributed by atoms with E-state index < -0.39 is 70.6 Å². The highest BCUT2D eigenvalue weighted by atomic mass is 32.2. The molecule has 10 N–H and O–H groups in total. The summed E-state index contributed by atoms with van der Waals surface area (Å²) in [7, 11) is -22.0. The van der Waals surface area contributed by atoms with Gasteiger partial charge >= 0.3 is 30.4 Å². The van der Waals surface area contributed by atoms with E-state index in [1.807, 2.05) is 10.6 Å². The van der Waals surface area contributed by atoms with Gasteiger partial charge in [-0.3, -0.25) is 28.9 Å². The molecule has 1 unspecified atom stereocenters. The average Bonchev–Trinajstić information content (AvgIpc) is 2.61. The molecule has 0 radical (unpaired) electrons. The summed E-state index contributed by atoms with van der Waals surface area (Å²) in [5, 5.41) is -2.21. The second kappa shape index (κ2) is 10.6. The van der Waals surface area contributed by atoms with Crippen molar-refractivity contribution in [3.8, 4) is 5.75 Å². The van der Waals surface area contributed by atoms with Crippen molar-refractivity contribution in [2.45, 2.75) is 37.0 Å². The second-order valence-corrected chi connectivity index (χ2v) is 16.3. The van der Waals surface area contributed by atoms with Crippen LogP contribution in [-0.4, -0.2) is 58.0 Å². The van der Waals surface area contributed by atoms with Gasteiger partial charge in [0.15, 0.2) is 0 Å². The van der Waals surface area contributed by atoms with E-state index in [2.05, 4.69) is 4.18 Å². The first-order valence-electron chi connectivity index (χ1n) is 8.59. The van der Waals surface area contributed by atoms with E-state index >= 15 is 0 Å². The van der Waals surface area contributed by atoms with Gasteiger partial charge in [0, 0.05) is 24.2 Å². The molecule has 1 aromatic carbocycles. The zero-order valence-electron chi connectivity index (χ0n) is 17.3. The Bertz CT molecular complexity index is 1000. The van der Waals surface area contributed by atoms with Gasteiger partial charge in [0.2, 0.25) is 10.0 Å². The van der Waals surface area contributed by atoms with Crippen molar-refractivity contribution in [1.29, 1.82) is 0 Å². The normalized spacial score (nSPS) is 15.3. The number of hydrogen-bond donors (Lipinski definition) is 10. The van der Waals surface area contributed by atoms with E-state index in [-0.39, 0.29) is 11.1 Å². The van der Waals surface area contributed by atoms with Crippen LogP contribution < -0.4 is 14.8 Å². The molecule has 0 saturated carbocycles. The van der Waals surface area contributed by atoms with Crippen LogP contribution in [0.15, 0.2) is 18.2 Å². The Morgan fingerprint density at radius 2 is 1.09 bits per heavy atom. The Labute approximate surface area is 195 Å². The van der Waals surface area contributed by atoms with Gasteiger partial charge in [-0.25, -0.2) is 4.21 Å². The van der Waals surface area contributed by atoms with Crippen LogP contribution in [0.4, 0.5) is 0 Å². The third kappa shape index (κ3) is 6.90. The van der Waals surface area contributed by atoms with Crippen LogP contribution in [0, 0.1) is 0 Å². The molecule has 0 aliphatic heterocycles. The van der Waals surface area contributed by atoms with Crippen molar-refractivity contribution in [2.24, 2.45) is 0 Å². The maximum atomic E-state index is 11.7. The highest BCUT2D eigenvalue weighted by Gasteiger charge is 2.57. The first-order chi connectivity index (χ1) is 15.0. The van der Waals surface area contributed by atoms with Crippen molar-refractivity contribution in [3.05, 3.63) is 29.3 Å². The molecule has 0 saturated heterocycles. The summed E-state index contributed by atoms with van der Waals surface area (Å²) < 4.78 is 73.7. The number of hydrogen-bond acceptors (Lipinski definition) is 9. The Kier molecular flexibility index (Phi) is 9.84. The van der Waals surface area contributed by atoms with Crippen LogP contribution in [0.25, 0.3) is 0 Å². The molecule has 17 nitrogen and oxygen atoms in total. The fourth-order valence-electron chi connectivity index (χ4n) is 2.37. The van der Waals surface area contributed by atoms with Crippen molar-refractivity contribution < 1.29 is 70.4 Å². The Hall–Kier alpha value is -0.350. The first-order valence-corrected chi connectivity index (χ1v) is 16.0. The molecule has 22 heteroatoms. The SMILES string of the molecule is CC(NCc1cccc(CNC(C)(P(=O)(O)O)P(=O)(O)O)c1OS(=O)[O-])(P(=O)(O)O)P(=O)(O)O. The molecule has 1 aromatic rings. The van der Waals surface area contributed by atoms with E-state index in [1.54, 1.807) is 0 Å². The summed E-state index contributed by atoms with van der Waals surface area (Å²) >= 11 is -3.27. The van der Waals surface area contributed by atoms with Crippen molar-refractivity contribution in [3.63, 3.8) is 0 Å². The molecule has 0 aromatic heterocycles. The van der Waals surface area contributed by atoms with Gasteiger partial charge in [-0.05, 0) is 13.8 Å². The second-order valence-electron chi connectivity index (χ2n) is 7.12. The minimum atomic E-state index is -5.50. The number of rotatable bonds is 12. The van der Waals surface area contributed by atoms with Crippen LogP contribution >= 0.6 is 30.4 Å². The van der Waals surface area contributed by atoms with Gasteiger partial charge in [-0.1, -0.05) is 18.2 Å². The predicted molar refractivity (Wildman–Crippen MR) is 115 cm³/mol.